The van der Waals surface area contributed by atoms with E-state index in [9.17, 15) is 19.1 Å². The number of aliphatic hydroxyl groups is 1. The van der Waals surface area contributed by atoms with Crippen molar-refractivity contribution in [3.05, 3.63) is 65.5 Å². The van der Waals surface area contributed by atoms with Crippen LogP contribution >= 0.6 is 0 Å². The Kier molecular flexibility index (Phi) is 9.10. The first-order chi connectivity index (χ1) is 17.4. The fourth-order valence-corrected chi connectivity index (χ4v) is 5.53. The van der Waals surface area contributed by atoms with Gasteiger partial charge in [-0.3, -0.25) is 14.5 Å². The lowest BCUT2D eigenvalue weighted by Crippen LogP contribution is -2.51. The van der Waals surface area contributed by atoms with Crippen LogP contribution in [-0.2, 0) is 9.59 Å². The minimum atomic E-state index is -0.944. The van der Waals surface area contributed by atoms with Gasteiger partial charge in [-0.1, -0.05) is 62.4 Å². The average molecular weight is 496 g/mol. The summed E-state index contributed by atoms with van der Waals surface area (Å²) in [5.74, 6) is -1.07. The van der Waals surface area contributed by atoms with Gasteiger partial charge in [-0.25, -0.2) is 4.39 Å². The Hall–Kier alpha value is -2.77. The highest BCUT2D eigenvalue weighted by atomic mass is 19.1. The number of amides is 2. The number of anilines is 1. The molecule has 0 radical (unpaired) electrons. The van der Waals surface area contributed by atoms with Gasteiger partial charge in [0.05, 0.1) is 12.6 Å². The maximum atomic E-state index is 14.4. The van der Waals surface area contributed by atoms with Gasteiger partial charge < -0.3 is 15.7 Å². The second-order valence-electron chi connectivity index (χ2n) is 10.2. The molecule has 3 atom stereocenters. The Morgan fingerprint density at radius 1 is 1.00 bits per heavy atom. The number of nitrogens with zero attached hydrogens (tertiary/aromatic N) is 1. The molecule has 2 aliphatic carbocycles. The molecule has 2 fully saturated rings. The molecule has 0 spiro atoms. The molecule has 36 heavy (non-hydrogen) atoms. The van der Waals surface area contributed by atoms with E-state index in [1.54, 1.807) is 12.1 Å². The zero-order chi connectivity index (χ0) is 25.5. The number of carbonyl (C=O) groups excluding carboxylic acids is 2. The first-order valence-corrected chi connectivity index (χ1v) is 13.3. The Morgan fingerprint density at radius 2 is 1.72 bits per heavy atom. The molecule has 0 bridgehead atoms. The SMILES string of the molecule is Cc1ccccc1C(C(=O)NC1CCCCC1)N(C(=O)CNC1CCCCC1O)c1cccc(F)c1. The highest BCUT2D eigenvalue weighted by Crippen LogP contribution is 2.31. The largest absolute Gasteiger partial charge is 0.392 e. The van der Waals surface area contributed by atoms with E-state index >= 15 is 0 Å². The molecule has 3 N–H and O–H groups in total. The van der Waals surface area contributed by atoms with Gasteiger partial charge in [0.2, 0.25) is 11.8 Å². The third-order valence-corrected chi connectivity index (χ3v) is 7.54. The van der Waals surface area contributed by atoms with Crippen LogP contribution in [0.15, 0.2) is 48.5 Å². The first kappa shape index (κ1) is 26.3. The van der Waals surface area contributed by atoms with Crippen molar-refractivity contribution >= 4 is 17.5 Å². The molecule has 0 saturated heterocycles. The fourth-order valence-electron chi connectivity index (χ4n) is 5.53. The molecule has 7 heteroatoms. The summed E-state index contributed by atoms with van der Waals surface area (Å²) in [6, 6.07) is 12.3. The highest BCUT2D eigenvalue weighted by Gasteiger charge is 2.35. The number of carbonyl (C=O) groups is 2. The summed E-state index contributed by atoms with van der Waals surface area (Å²) in [4.78, 5) is 29.1. The molecule has 0 heterocycles. The van der Waals surface area contributed by atoms with Crippen LogP contribution in [0.1, 0.15) is 75.0 Å². The maximum Gasteiger partial charge on any atom is 0.248 e. The molecule has 2 aromatic rings. The predicted octanol–water partition coefficient (Wildman–Crippen LogP) is 4.55. The summed E-state index contributed by atoms with van der Waals surface area (Å²) in [5.41, 5.74) is 1.92. The quantitative estimate of drug-likeness (QED) is 0.502. The molecule has 0 aliphatic heterocycles. The number of rotatable bonds is 8. The van der Waals surface area contributed by atoms with Crippen LogP contribution in [0.4, 0.5) is 10.1 Å². The standard InChI is InChI=1S/C29H38FN3O3/c1-20-10-5-6-15-24(20)28(29(36)32-22-12-3-2-4-13-22)33(23-14-9-11-21(30)18-23)27(35)19-31-25-16-7-8-17-26(25)34/h5-6,9-11,14-15,18,22,25-26,28,31,34H,2-4,7-8,12-13,16-17,19H2,1H3,(H,32,36). The molecule has 194 valence electrons. The van der Waals surface area contributed by atoms with E-state index in [0.717, 1.165) is 50.5 Å². The van der Waals surface area contributed by atoms with E-state index in [2.05, 4.69) is 10.6 Å². The molecule has 2 aromatic carbocycles. The topological polar surface area (TPSA) is 81.7 Å². The molecule has 2 saturated carbocycles. The Labute approximate surface area is 213 Å². The monoisotopic (exact) mass is 495 g/mol. The van der Waals surface area contributed by atoms with Crippen LogP contribution in [0.3, 0.4) is 0 Å². The smallest absolute Gasteiger partial charge is 0.248 e. The van der Waals surface area contributed by atoms with E-state index < -0.39 is 18.0 Å². The normalized spacial score (nSPS) is 21.5. The lowest BCUT2D eigenvalue weighted by atomic mass is 9.92. The maximum absolute atomic E-state index is 14.4. The van der Waals surface area contributed by atoms with Gasteiger partial charge in [0.1, 0.15) is 11.9 Å². The molecular formula is C29H38FN3O3. The van der Waals surface area contributed by atoms with Gasteiger partial charge in [-0.2, -0.15) is 0 Å². The summed E-state index contributed by atoms with van der Waals surface area (Å²) >= 11 is 0. The van der Waals surface area contributed by atoms with Crippen molar-refractivity contribution < 1.29 is 19.1 Å². The van der Waals surface area contributed by atoms with Gasteiger partial charge in [0, 0.05) is 17.8 Å². The van der Waals surface area contributed by atoms with Gasteiger partial charge in [-0.05, 0) is 61.9 Å². The zero-order valence-electron chi connectivity index (χ0n) is 21.1. The molecule has 0 aromatic heterocycles. The fraction of sp³-hybridized carbons (Fsp3) is 0.517. The van der Waals surface area contributed by atoms with Gasteiger partial charge in [0.15, 0.2) is 0 Å². The minimum absolute atomic E-state index is 0.0582. The lowest BCUT2D eigenvalue weighted by molar-refractivity contribution is -0.127. The summed E-state index contributed by atoms with van der Waals surface area (Å²) in [5, 5.41) is 16.8. The summed E-state index contributed by atoms with van der Waals surface area (Å²) in [6.45, 7) is 1.86. The van der Waals surface area contributed by atoms with E-state index in [0.29, 0.717) is 17.7 Å². The number of benzene rings is 2. The third kappa shape index (κ3) is 6.51. The lowest BCUT2D eigenvalue weighted by Gasteiger charge is -2.35. The Morgan fingerprint density at radius 3 is 2.44 bits per heavy atom. The van der Waals surface area contributed by atoms with Gasteiger partial charge in [-0.15, -0.1) is 0 Å². The van der Waals surface area contributed by atoms with E-state index in [1.165, 1.54) is 23.5 Å². The Balaban J connectivity index is 1.67. The van der Waals surface area contributed by atoms with Crippen LogP contribution in [0, 0.1) is 12.7 Å². The summed E-state index contributed by atoms with van der Waals surface area (Å²) < 4.78 is 14.4. The first-order valence-electron chi connectivity index (χ1n) is 13.3. The van der Waals surface area contributed by atoms with E-state index in [1.807, 2.05) is 31.2 Å². The number of aryl methyl sites for hydroxylation is 1. The van der Waals surface area contributed by atoms with Crippen molar-refractivity contribution in [2.75, 3.05) is 11.4 Å². The molecule has 3 unspecified atom stereocenters. The second-order valence-corrected chi connectivity index (χ2v) is 10.2. The third-order valence-electron chi connectivity index (χ3n) is 7.54. The molecule has 2 aliphatic rings. The molecular weight excluding hydrogens is 457 g/mol. The molecule has 6 nitrogen and oxygen atoms in total. The van der Waals surface area contributed by atoms with Gasteiger partial charge >= 0.3 is 0 Å². The minimum Gasteiger partial charge on any atom is -0.392 e. The van der Waals surface area contributed by atoms with E-state index in [4.69, 9.17) is 0 Å². The number of hydrogen-bond acceptors (Lipinski definition) is 4. The molecule has 2 amide bonds. The predicted molar refractivity (Wildman–Crippen MR) is 139 cm³/mol. The van der Waals surface area contributed by atoms with Crippen molar-refractivity contribution in [2.45, 2.75) is 88.9 Å². The highest BCUT2D eigenvalue weighted by molar-refractivity contribution is 6.02. The average Bonchev–Trinajstić information content (AvgIpc) is 2.87. The summed E-state index contributed by atoms with van der Waals surface area (Å²) in [6.07, 6.45) is 8.09. The van der Waals surface area contributed by atoms with Crippen molar-refractivity contribution in [2.24, 2.45) is 0 Å². The van der Waals surface area contributed by atoms with Crippen molar-refractivity contribution in [1.82, 2.24) is 10.6 Å². The number of aliphatic hydroxyl groups excluding tert-OH is 1. The summed E-state index contributed by atoms with van der Waals surface area (Å²) in [7, 11) is 0. The zero-order valence-corrected chi connectivity index (χ0v) is 21.1. The van der Waals surface area contributed by atoms with E-state index in [-0.39, 0.29) is 30.4 Å². The van der Waals surface area contributed by atoms with Crippen molar-refractivity contribution in [3.63, 3.8) is 0 Å². The number of nitrogens with one attached hydrogen (secondary N) is 2. The Bertz CT molecular complexity index is 1040. The van der Waals surface area contributed by atoms with Crippen molar-refractivity contribution in [3.8, 4) is 0 Å². The number of hydrogen-bond donors (Lipinski definition) is 3. The molecule has 4 rings (SSSR count). The van der Waals surface area contributed by atoms with Crippen LogP contribution in [0.2, 0.25) is 0 Å². The number of halogens is 1. The van der Waals surface area contributed by atoms with Gasteiger partial charge in [0.25, 0.3) is 0 Å². The van der Waals surface area contributed by atoms with Crippen LogP contribution in [-0.4, -0.2) is 41.7 Å². The second kappa shape index (κ2) is 12.5. The van der Waals surface area contributed by atoms with Crippen LogP contribution in [0.5, 0.6) is 0 Å². The van der Waals surface area contributed by atoms with Crippen LogP contribution in [0.25, 0.3) is 0 Å². The van der Waals surface area contributed by atoms with Crippen LogP contribution < -0.4 is 15.5 Å². The van der Waals surface area contributed by atoms with Crippen molar-refractivity contribution in [1.29, 1.82) is 0 Å².